The number of halogens is 2. The molecule has 0 radical (unpaired) electrons. The molecule has 1 aliphatic heterocycles. The molecule has 0 amide bonds. The van der Waals surface area contributed by atoms with E-state index in [0.29, 0.717) is 25.4 Å². The molecule has 1 N–H and O–H groups in total. The molecular formula is C18H20F2N2O. The van der Waals surface area contributed by atoms with Crippen molar-refractivity contribution < 1.29 is 13.9 Å². The summed E-state index contributed by atoms with van der Waals surface area (Å²) in [5.74, 6) is 1.93. The minimum atomic E-state index is -0.468. The highest BCUT2D eigenvalue weighted by Gasteiger charge is 2.18. The maximum absolute atomic E-state index is 13.8. The van der Waals surface area contributed by atoms with Gasteiger partial charge in [0.05, 0.1) is 12.6 Å². The largest absolute Gasteiger partial charge is 0.510 e. The van der Waals surface area contributed by atoms with Crippen LogP contribution in [0.1, 0.15) is 12.5 Å². The van der Waals surface area contributed by atoms with Crippen LogP contribution in [0.2, 0.25) is 0 Å². The Bertz CT molecular complexity index is 649. The third kappa shape index (κ3) is 4.57. The third-order valence-electron chi connectivity index (χ3n) is 3.86. The molecule has 0 saturated carbocycles. The molecule has 0 aliphatic carbocycles. The molecule has 1 aromatic carbocycles. The van der Waals surface area contributed by atoms with Crippen LogP contribution in [0.4, 0.5) is 8.78 Å². The molecule has 0 aromatic heterocycles. The standard InChI is InChI=1S/C18H20F2N2O/c1-3-8-21(13-15-12-16(19)6-7-17(15)20)10-11-22-9-4-5-18(23)14(22)2/h1,4-7,9,12,14,23H,8,10-11,13H2,2H3. The van der Waals surface area contributed by atoms with Crippen molar-refractivity contribution in [1.29, 1.82) is 0 Å². The van der Waals surface area contributed by atoms with Crippen LogP contribution < -0.4 is 0 Å². The van der Waals surface area contributed by atoms with Gasteiger partial charge in [0.2, 0.25) is 0 Å². The second-order valence-electron chi connectivity index (χ2n) is 5.50. The monoisotopic (exact) mass is 318 g/mol. The fourth-order valence-corrected chi connectivity index (χ4v) is 2.46. The summed E-state index contributed by atoms with van der Waals surface area (Å²) in [7, 11) is 0. The maximum atomic E-state index is 13.8. The van der Waals surface area contributed by atoms with E-state index in [0.717, 1.165) is 12.1 Å². The van der Waals surface area contributed by atoms with E-state index in [2.05, 4.69) is 5.92 Å². The van der Waals surface area contributed by atoms with Gasteiger partial charge in [0.25, 0.3) is 0 Å². The Morgan fingerprint density at radius 2 is 2.17 bits per heavy atom. The summed E-state index contributed by atoms with van der Waals surface area (Å²) < 4.78 is 27.0. The minimum absolute atomic E-state index is 0.112. The zero-order valence-corrected chi connectivity index (χ0v) is 13.0. The number of hydrogen-bond donors (Lipinski definition) is 1. The fraction of sp³-hybridized carbons (Fsp3) is 0.333. The van der Waals surface area contributed by atoms with Gasteiger partial charge in [-0.15, -0.1) is 6.42 Å². The van der Waals surface area contributed by atoms with Gasteiger partial charge >= 0.3 is 0 Å². The Kier molecular flexibility index (Phi) is 5.78. The van der Waals surface area contributed by atoms with Crippen molar-refractivity contribution in [3.8, 4) is 12.3 Å². The summed E-state index contributed by atoms with van der Waals surface area (Å²) in [5.41, 5.74) is 0.283. The average Bonchev–Trinajstić information content (AvgIpc) is 2.52. The number of terminal acetylenes is 1. The highest BCUT2D eigenvalue weighted by Crippen LogP contribution is 2.15. The molecule has 1 atom stereocenters. The highest BCUT2D eigenvalue weighted by atomic mass is 19.1. The molecule has 0 bridgehead atoms. The van der Waals surface area contributed by atoms with Crippen molar-refractivity contribution in [3.05, 3.63) is 59.5 Å². The van der Waals surface area contributed by atoms with Crippen molar-refractivity contribution in [2.45, 2.75) is 19.5 Å². The number of aliphatic hydroxyl groups is 1. The minimum Gasteiger partial charge on any atom is -0.510 e. The zero-order valence-electron chi connectivity index (χ0n) is 13.0. The van der Waals surface area contributed by atoms with Crippen molar-refractivity contribution in [2.75, 3.05) is 19.6 Å². The van der Waals surface area contributed by atoms with Crippen LogP contribution in [0.15, 0.2) is 42.3 Å². The van der Waals surface area contributed by atoms with Crippen LogP contribution >= 0.6 is 0 Å². The maximum Gasteiger partial charge on any atom is 0.127 e. The van der Waals surface area contributed by atoms with Crippen molar-refractivity contribution >= 4 is 0 Å². The van der Waals surface area contributed by atoms with Gasteiger partial charge < -0.3 is 10.0 Å². The molecular weight excluding hydrogens is 298 g/mol. The van der Waals surface area contributed by atoms with Crippen LogP contribution in [0.25, 0.3) is 0 Å². The summed E-state index contributed by atoms with van der Waals surface area (Å²) in [6, 6.07) is 3.30. The Hall–Kier alpha value is -2.32. The molecule has 1 aromatic rings. The van der Waals surface area contributed by atoms with E-state index < -0.39 is 11.6 Å². The van der Waals surface area contributed by atoms with E-state index >= 15 is 0 Å². The predicted octanol–water partition coefficient (Wildman–Crippen LogP) is 3.06. The summed E-state index contributed by atoms with van der Waals surface area (Å²) in [6.07, 6.45) is 10.7. The number of hydrogen-bond acceptors (Lipinski definition) is 3. The summed E-state index contributed by atoms with van der Waals surface area (Å²) in [5, 5.41) is 9.75. The lowest BCUT2D eigenvalue weighted by Crippen LogP contribution is -2.38. The second kappa shape index (κ2) is 7.80. The Labute approximate surface area is 135 Å². The molecule has 1 unspecified atom stereocenters. The topological polar surface area (TPSA) is 26.7 Å². The first-order valence-electron chi connectivity index (χ1n) is 7.44. The molecule has 0 fully saturated rings. The van der Waals surface area contributed by atoms with Crippen molar-refractivity contribution in [3.63, 3.8) is 0 Å². The zero-order chi connectivity index (χ0) is 16.8. The summed E-state index contributed by atoms with van der Waals surface area (Å²) >= 11 is 0. The van der Waals surface area contributed by atoms with Gasteiger partial charge in [0.1, 0.15) is 17.4 Å². The molecule has 122 valence electrons. The lowest BCUT2D eigenvalue weighted by atomic mass is 10.1. The number of allylic oxidation sites excluding steroid dienone is 2. The fourth-order valence-electron chi connectivity index (χ4n) is 2.46. The number of benzene rings is 1. The number of rotatable bonds is 6. The first kappa shape index (κ1) is 17.0. The van der Waals surface area contributed by atoms with Crippen LogP contribution in [0.5, 0.6) is 0 Å². The summed E-state index contributed by atoms with van der Waals surface area (Å²) in [6.45, 7) is 3.66. The van der Waals surface area contributed by atoms with E-state index in [1.807, 2.05) is 22.9 Å². The molecule has 3 nitrogen and oxygen atoms in total. The SMILES string of the molecule is C#CCN(CCN1C=CC=C(O)C1C)Cc1cc(F)ccc1F. The van der Waals surface area contributed by atoms with Crippen LogP contribution in [-0.4, -0.2) is 40.6 Å². The molecule has 23 heavy (non-hydrogen) atoms. The quantitative estimate of drug-likeness (QED) is 0.817. The number of aliphatic hydroxyl groups excluding tert-OH is 1. The van der Waals surface area contributed by atoms with Crippen LogP contribution in [0.3, 0.4) is 0 Å². The molecule has 0 saturated heterocycles. The van der Waals surface area contributed by atoms with Gasteiger partial charge in [-0.25, -0.2) is 8.78 Å². The van der Waals surface area contributed by atoms with Gasteiger partial charge in [-0.1, -0.05) is 5.92 Å². The van der Waals surface area contributed by atoms with Gasteiger partial charge in [-0.2, -0.15) is 0 Å². The van der Waals surface area contributed by atoms with Gasteiger partial charge in [-0.3, -0.25) is 4.90 Å². The van der Waals surface area contributed by atoms with Crippen molar-refractivity contribution in [2.24, 2.45) is 0 Å². The molecule has 1 heterocycles. The van der Waals surface area contributed by atoms with Crippen molar-refractivity contribution in [1.82, 2.24) is 9.80 Å². The first-order chi connectivity index (χ1) is 11.0. The molecule has 0 spiro atoms. The second-order valence-corrected chi connectivity index (χ2v) is 5.50. The molecule has 1 aliphatic rings. The van der Waals surface area contributed by atoms with Gasteiger partial charge in [0.15, 0.2) is 0 Å². The first-order valence-corrected chi connectivity index (χ1v) is 7.44. The molecule has 2 rings (SSSR count). The Balaban J connectivity index is 1.99. The van der Waals surface area contributed by atoms with E-state index in [-0.39, 0.29) is 18.2 Å². The third-order valence-corrected chi connectivity index (χ3v) is 3.86. The smallest absolute Gasteiger partial charge is 0.127 e. The average molecular weight is 318 g/mol. The van der Waals surface area contributed by atoms with E-state index in [9.17, 15) is 13.9 Å². The highest BCUT2D eigenvalue weighted by molar-refractivity contribution is 5.19. The number of nitrogens with zero attached hydrogens (tertiary/aromatic N) is 2. The van der Waals surface area contributed by atoms with E-state index in [1.165, 1.54) is 6.07 Å². The molecule has 5 heteroatoms. The van der Waals surface area contributed by atoms with Crippen LogP contribution in [0, 0.1) is 24.0 Å². The van der Waals surface area contributed by atoms with Gasteiger partial charge in [0, 0.05) is 25.2 Å². The lowest BCUT2D eigenvalue weighted by Gasteiger charge is -2.31. The normalized spacial score (nSPS) is 17.3. The lowest BCUT2D eigenvalue weighted by molar-refractivity contribution is 0.201. The summed E-state index contributed by atoms with van der Waals surface area (Å²) in [4.78, 5) is 3.84. The van der Waals surface area contributed by atoms with E-state index in [1.54, 1.807) is 12.2 Å². The Morgan fingerprint density at radius 3 is 2.91 bits per heavy atom. The van der Waals surface area contributed by atoms with E-state index in [4.69, 9.17) is 6.42 Å². The predicted molar refractivity (Wildman–Crippen MR) is 86.5 cm³/mol. The van der Waals surface area contributed by atoms with Crippen LogP contribution in [-0.2, 0) is 6.54 Å². The Morgan fingerprint density at radius 1 is 1.39 bits per heavy atom. The van der Waals surface area contributed by atoms with Gasteiger partial charge in [-0.05, 0) is 43.5 Å².